The van der Waals surface area contributed by atoms with Crippen LogP contribution in [-0.2, 0) is 0 Å². The van der Waals surface area contributed by atoms with Gasteiger partial charge in [0.15, 0.2) is 0 Å². The molecule has 0 spiro atoms. The number of rotatable bonds is 3. The van der Waals surface area contributed by atoms with Gasteiger partial charge in [0, 0.05) is 0 Å². The average Bonchev–Trinajstić information content (AvgIpc) is 2.09. The molecule has 0 aromatic carbocycles. The Hall–Kier alpha value is -1.45. The van der Waals surface area contributed by atoms with Gasteiger partial charge in [0.05, 0.1) is 5.70 Å². The molecule has 0 aromatic heterocycles. The summed E-state index contributed by atoms with van der Waals surface area (Å²) in [5.41, 5.74) is 7.53. The Kier molecular flexibility index (Phi) is 2.54. The molecule has 1 aliphatic carbocycles. The van der Waals surface area contributed by atoms with Gasteiger partial charge >= 0.3 is 0 Å². The van der Waals surface area contributed by atoms with Gasteiger partial charge in [-0.05, 0) is 18.9 Å². The highest BCUT2D eigenvalue weighted by molar-refractivity contribution is 5.55. The molecule has 2 N–H and O–H groups in total. The van der Waals surface area contributed by atoms with Gasteiger partial charge in [-0.15, -0.1) is 0 Å². The predicted octanol–water partition coefficient (Wildman–Crippen LogP) is 2.08. The molecule has 0 saturated carbocycles. The summed E-state index contributed by atoms with van der Waals surface area (Å²) in [6.45, 7) is 0. The lowest BCUT2D eigenvalue weighted by Crippen LogP contribution is -2.12. The zero-order valence-electron chi connectivity index (χ0n) is 6.12. The third-order valence-corrected chi connectivity index (χ3v) is 1.47. The Labute approximate surface area is 65.2 Å². The molecule has 1 aliphatic rings. The van der Waals surface area contributed by atoms with E-state index in [1.54, 1.807) is 0 Å². The molecule has 0 fully saturated rings. The zero-order valence-corrected chi connectivity index (χ0v) is 6.12. The third-order valence-electron chi connectivity index (χ3n) is 1.47. The smallest absolute Gasteiger partial charge is 0.110 e. The Morgan fingerprint density at radius 2 is 2.36 bits per heavy atom. The molecular formula is C7H10N4. The summed E-state index contributed by atoms with van der Waals surface area (Å²) >= 11 is 0. The van der Waals surface area contributed by atoms with E-state index in [-0.39, 0.29) is 0 Å². The Balaban J connectivity index is 2.71. The van der Waals surface area contributed by atoms with Crippen molar-refractivity contribution in [2.45, 2.75) is 12.8 Å². The van der Waals surface area contributed by atoms with Gasteiger partial charge in [0.1, 0.15) is 6.34 Å². The van der Waals surface area contributed by atoms with E-state index < -0.39 is 0 Å². The lowest BCUT2D eigenvalue weighted by molar-refractivity contribution is 0.516. The highest BCUT2D eigenvalue weighted by atomic mass is 15.5. The summed E-state index contributed by atoms with van der Waals surface area (Å²) in [5, 5.41) is 11.3. The first kappa shape index (κ1) is 7.65. The van der Waals surface area contributed by atoms with Crippen LogP contribution in [0.2, 0.25) is 0 Å². The molecule has 0 heterocycles. The van der Waals surface area contributed by atoms with E-state index in [9.17, 15) is 0 Å². The normalized spacial score (nSPS) is 15.5. The van der Waals surface area contributed by atoms with Crippen molar-refractivity contribution < 1.29 is 0 Å². The van der Waals surface area contributed by atoms with Crippen molar-refractivity contribution in [3.05, 3.63) is 23.9 Å². The summed E-state index contributed by atoms with van der Waals surface area (Å²) in [7, 11) is 0. The van der Waals surface area contributed by atoms with Crippen molar-refractivity contribution in [2.24, 2.45) is 5.22 Å². The second-order valence-electron chi connectivity index (χ2n) is 2.18. The maximum absolute atomic E-state index is 6.91. The van der Waals surface area contributed by atoms with Gasteiger partial charge in [-0.1, -0.05) is 17.4 Å². The number of allylic oxidation sites excluding steroid dienone is 3. The van der Waals surface area contributed by atoms with Crippen LogP contribution in [0, 0.1) is 10.9 Å². The van der Waals surface area contributed by atoms with Crippen LogP contribution in [0.4, 0.5) is 0 Å². The number of nitrogens with zero attached hydrogens (tertiary/aromatic N) is 2. The van der Waals surface area contributed by atoms with E-state index in [2.05, 4.69) is 5.22 Å². The van der Waals surface area contributed by atoms with Gasteiger partial charge in [0.25, 0.3) is 0 Å². The first-order valence-electron chi connectivity index (χ1n) is 3.42. The van der Waals surface area contributed by atoms with Crippen LogP contribution in [0.1, 0.15) is 12.8 Å². The largest absolute Gasteiger partial charge is 0.289 e. The lowest BCUT2D eigenvalue weighted by Gasteiger charge is -2.13. The van der Waals surface area contributed by atoms with Gasteiger partial charge in [-0.3, -0.25) is 5.41 Å². The fourth-order valence-corrected chi connectivity index (χ4v) is 0.931. The summed E-state index contributed by atoms with van der Waals surface area (Å²) in [6, 6.07) is 0. The summed E-state index contributed by atoms with van der Waals surface area (Å²) in [6.07, 6.45) is 8.86. The SMILES string of the molecule is N=CN(N=N)C1=CCCC=C1. The van der Waals surface area contributed by atoms with Crippen molar-refractivity contribution >= 4 is 6.34 Å². The maximum atomic E-state index is 6.91. The fraction of sp³-hybridized carbons (Fsp3) is 0.286. The molecule has 0 radical (unpaired) electrons. The molecule has 11 heavy (non-hydrogen) atoms. The molecule has 1 rings (SSSR count). The molecule has 0 aromatic rings. The minimum Gasteiger partial charge on any atom is -0.289 e. The number of hydrogen-bond acceptors (Lipinski definition) is 3. The Bertz CT molecular complexity index is 208. The van der Waals surface area contributed by atoms with Gasteiger partial charge < -0.3 is 0 Å². The second kappa shape index (κ2) is 3.65. The second-order valence-corrected chi connectivity index (χ2v) is 2.18. The van der Waals surface area contributed by atoms with Crippen LogP contribution in [0.3, 0.4) is 0 Å². The molecular weight excluding hydrogens is 140 g/mol. The minimum absolute atomic E-state index is 0.807. The maximum Gasteiger partial charge on any atom is 0.110 e. The number of hydrogen-bond donors (Lipinski definition) is 2. The van der Waals surface area contributed by atoms with Gasteiger partial charge in [0.2, 0.25) is 0 Å². The van der Waals surface area contributed by atoms with E-state index >= 15 is 0 Å². The molecule has 4 heteroatoms. The van der Waals surface area contributed by atoms with E-state index in [0.717, 1.165) is 24.9 Å². The van der Waals surface area contributed by atoms with Crippen molar-refractivity contribution in [3.63, 3.8) is 0 Å². The van der Waals surface area contributed by atoms with E-state index in [0.29, 0.717) is 0 Å². The van der Waals surface area contributed by atoms with Crippen LogP contribution in [-0.4, -0.2) is 11.3 Å². The molecule has 0 amide bonds. The highest BCUT2D eigenvalue weighted by Crippen LogP contribution is 2.12. The molecule has 4 nitrogen and oxygen atoms in total. The fourth-order valence-electron chi connectivity index (χ4n) is 0.931. The first-order valence-corrected chi connectivity index (χ1v) is 3.42. The van der Waals surface area contributed by atoms with Crippen LogP contribution in [0.25, 0.3) is 0 Å². The molecule has 0 bridgehead atoms. The van der Waals surface area contributed by atoms with Crippen molar-refractivity contribution in [3.8, 4) is 0 Å². The van der Waals surface area contributed by atoms with Crippen molar-refractivity contribution in [1.29, 1.82) is 10.9 Å². The van der Waals surface area contributed by atoms with Crippen molar-refractivity contribution in [2.75, 3.05) is 0 Å². The van der Waals surface area contributed by atoms with Crippen LogP contribution in [0.15, 0.2) is 29.1 Å². The van der Waals surface area contributed by atoms with E-state index in [4.69, 9.17) is 10.9 Å². The summed E-state index contributed by atoms with van der Waals surface area (Å²) in [4.78, 5) is 0. The monoisotopic (exact) mass is 150 g/mol. The standard InChI is InChI=1S/C7H10N4/c8-6-11(10-9)7-4-2-1-3-5-7/h2,4-6,8-9H,1,3H2. The predicted molar refractivity (Wildman–Crippen MR) is 42.2 cm³/mol. The number of nitrogens with one attached hydrogen (secondary N) is 2. The molecule has 58 valence electrons. The highest BCUT2D eigenvalue weighted by Gasteiger charge is 2.03. The molecule has 0 atom stereocenters. The van der Waals surface area contributed by atoms with E-state index in [1.807, 2.05) is 18.2 Å². The van der Waals surface area contributed by atoms with E-state index in [1.165, 1.54) is 5.01 Å². The topological polar surface area (TPSA) is 63.3 Å². The van der Waals surface area contributed by atoms with Crippen LogP contribution >= 0.6 is 0 Å². The molecule has 0 aliphatic heterocycles. The van der Waals surface area contributed by atoms with Crippen LogP contribution < -0.4 is 0 Å². The Morgan fingerprint density at radius 1 is 1.55 bits per heavy atom. The molecule has 0 saturated heterocycles. The average molecular weight is 150 g/mol. The van der Waals surface area contributed by atoms with Gasteiger partial charge in [-0.2, -0.15) is 5.53 Å². The first-order chi connectivity index (χ1) is 5.38. The van der Waals surface area contributed by atoms with Gasteiger partial charge in [-0.25, -0.2) is 5.01 Å². The summed E-state index contributed by atoms with van der Waals surface area (Å²) < 4.78 is 0. The third kappa shape index (κ3) is 1.73. The minimum atomic E-state index is 0.807. The summed E-state index contributed by atoms with van der Waals surface area (Å²) in [5.74, 6) is 0. The molecule has 0 unspecified atom stereocenters. The van der Waals surface area contributed by atoms with Crippen LogP contribution in [0.5, 0.6) is 0 Å². The Morgan fingerprint density at radius 3 is 2.82 bits per heavy atom. The van der Waals surface area contributed by atoms with Crippen molar-refractivity contribution in [1.82, 2.24) is 5.01 Å². The quantitative estimate of drug-likeness (QED) is 0.275. The zero-order chi connectivity index (χ0) is 8.10. The lowest BCUT2D eigenvalue weighted by atomic mass is 10.1.